The summed E-state index contributed by atoms with van der Waals surface area (Å²) in [7, 11) is 0. The van der Waals surface area contributed by atoms with Gasteiger partial charge in [-0.2, -0.15) is 13.2 Å². The van der Waals surface area contributed by atoms with Gasteiger partial charge in [0.2, 0.25) is 0 Å². The zero-order chi connectivity index (χ0) is 15.6. The number of aromatic nitrogens is 2. The molecule has 1 aliphatic rings. The summed E-state index contributed by atoms with van der Waals surface area (Å²) < 4.78 is 39.2. The van der Waals surface area contributed by atoms with Crippen LogP contribution in [-0.2, 0) is 6.18 Å². The van der Waals surface area contributed by atoms with Gasteiger partial charge in [0, 0.05) is 38.6 Å². The van der Waals surface area contributed by atoms with Crippen molar-refractivity contribution < 1.29 is 13.2 Å². The molecule has 0 atom stereocenters. The van der Waals surface area contributed by atoms with E-state index < -0.39 is 11.7 Å². The lowest BCUT2D eigenvalue weighted by Gasteiger charge is -2.36. The van der Waals surface area contributed by atoms with Crippen molar-refractivity contribution in [1.82, 2.24) is 9.97 Å². The number of pyridine rings is 2. The van der Waals surface area contributed by atoms with E-state index in [2.05, 4.69) is 14.9 Å². The highest BCUT2D eigenvalue weighted by atomic mass is 19.4. The Hall–Kier alpha value is -2.31. The quantitative estimate of drug-likeness (QED) is 0.854. The number of hydrogen-bond acceptors (Lipinski definition) is 4. The van der Waals surface area contributed by atoms with Gasteiger partial charge in [-0.05, 0) is 24.3 Å². The minimum absolute atomic E-state index is 0.00988. The minimum Gasteiger partial charge on any atom is -0.353 e. The lowest BCUT2D eigenvalue weighted by atomic mass is 10.2. The molecule has 0 N–H and O–H groups in total. The smallest absolute Gasteiger partial charge is 0.353 e. The van der Waals surface area contributed by atoms with Crippen molar-refractivity contribution in [3.8, 4) is 0 Å². The number of alkyl halides is 3. The van der Waals surface area contributed by atoms with Gasteiger partial charge in [0.1, 0.15) is 11.6 Å². The van der Waals surface area contributed by atoms with Crippen molar-refractivity contribution in [2.24, 2.45) is 0 Å². The van der Waals surface area contributed by atoms with E-state index in [4.69, 9.17) is 0 Å². The zero-order valence-electron chi connectivity index (χ0n) is 11.8. The molecule has 0 radical (unpaired) electrons. The summed E-state index contributed by atoms with van der Waals surface area (Å²) in [6, 6.07) is 8.03. The molecule has 3 rings (SSSR count). The topological polar surface area (TPSA) is 32.3 Å². The fraction of sp³-hybridized carbons (Fsp3) is 0.333. The molecule has 116 valence electrons. The number of halogens is 3. The van der Waals surface area contributed by atoms with Gasteiger partial charge < -0.3 is 9.80 Å². The molecule has 1 aliphatic heterocycles. The molecule has 4 nitrogen and oxygen atoms in total. The normalized spacial score (nSPS) is 16.0. The Kier molecular flexibility index (Phi) is 3.87. The van der Waals surface area contributed by atoms with E-state index in [1.807, 2.05) is 18.2 Å². The van der Waals surface area contributed by atoms with Crippen molar-refractivity contribution in [2.75, 3.05) is 36.0 Å². The van der Waals surface area contributed by atoms with E-state index >= 15 is 0 Å². The van der Waals surface area contributed by atoms with Crippen LogP contribution in [-0.4, -0.2) is 36.1 Å². The molecule has 2 aromatic rings. The third-order valence-electron chi connectivity index (χ3n) is 3.64. The first-order valence-electron chi connectivity index (χ1n) is 6.99. The second kappa shape index (κ2) is 5.82. The highest BCUT2D eigenvalue weighted by molar-refractivity contribution is 5.50. The maximum atomic E-state index is 13.1. The third-order valence-corrected chi connectivity index (χ3v) is 3.64. The Morgan fingerprint density at radius 3 is 2.14 bits per heavy atom. The number of piperazine rings is 1. The lowest BCUT2D eigenvalue weighted by molar-refractivity contribution is -0.137. The van der Waals surface area contributed by atoms with E-state index in [1.54, 1.807) is 11.1 Å². The second-order valence-corrected chi connectivity index (χ2v) is 5.03. The van der Waals surface area contributed by atoms with Gasteiger partial charge in [0.15, 0.2) is 0 Å². The third kappa shape index (κ3) is 2.98. The predicted octanol–water partition coefficient (Wildman–Crippen LogP) is 2.82. The number of hydrogen-bond donors (Lipinski definition) is 0. The molecule has 1 fully saturated rings. The van der Waals surface area contributed by atoms with Crippen LogP contribution in [0.15, 0.2) is 42.7 Å². The average molecular weight is 308 g/mol. The number of nitrogens with zero attached hydrogens (tertiary/aromatic N) is 4. The highest BCUT2D eigenvalue weighted by Gasteiger charge is 2.36. The summed E-state index contributed by atoms with van der Waals surface area (Å²) >= 11 is 0. The molecule has 7 heteroatoms. The zero-order valence-corrected chi connectivity index (χ0v) is 11.8. The summed E-state index contributed by atoms with van der Waals surface area (Å²) in [6.07, 6.45) is -1.28. The maximum Gasteiger partial charge on any atom is 0.419 e. The molecular formula is C15H15F3N4. The fourth-order valence-electron chi connectivity index (χ4n) is 2.56. The summed E-state index contributed by atoms with van der Waals surface area (Å²) in [4.78, 5) is 12.0. The molecular weight excluding hydrogens is 293 g/mol. The van der Waals surface area contributed by atoms with Crippen LogP contribution in [0, 0.1) is 0 Å². The van der Waals surface area contributed by atoms with Crippen molar-refractivity contribution in [3.63, 3.8) is 0 Å². The summed E-state index contributed by atoms with van der Waals surface area (Å²) in [5.74, 6) is 0.856. The number of anilines is 2. The van der Waals surface area contributed by atoms with Crippen LogP contribution in [0.1, 0.15) is 5.56 Å². The molecule has 0 saturated carbocycles. The van der Waals surface area contributed by atoms with E-state index in [1.165, 1.54) is 12.3 Å². The minimum atomic E-state index is -4.39. The fourth-order valence-corrected chi connectivity index (χ4v) is 2.56. The molecule has 0 aromatic carbocycles. The lowest BCUT2D eigenvalue weighted by Crippen LogP contribution is -2.47. The van der Waals surface area contributed by atoms with Crippen LogP contribution in [0.2, 0.25) is 0 Å². The molecule has 0 aliphatic carbocycles. The monoisotopic (exact) mass is 308 g/mol. The molecule has 0 amide bonds. The van der Waals surface area contributed by atoms with Crippen molar-refractivity contribution >= 4 is 11.6 Å². The van der Waals surface area contributed by atoms with Crippen LogP contribution >= 0.6 is 0 Å². The first kappa shape index (κ1) is 14.6. The molecule has 3 heterocycles. The van der Waals surface area contributed by atoms with Crippen LogP contribution in [0.25, 0.3) is 0 Å². The first-order chi connectivity index (χ1) is 10.6. The Morgan fingerprint density at radius 1 is 0.818 bits per heavy atom. The predicted molar refractivity (Wildman–Crippen MR) is 77.9 cm³/mol. The van der Waals surface area contributed by atoms with Gasteiger partial charge in [0.05, 0.1) is 5.56 Å². The van der Waals surface area contributed by atoms with E-state index in [9.17, 15) is 13.2 Å². The summed E-state index contributed by atoms with van der Waals surface area (Å²) in [5, 5.41) is 0. The molecule has 22 heavy (non-hydrogen) atoms. The van der Waals surface area contributed by atoms with Crippen LogP contribution in [0.3, 0.4) is 0 Å². The second-order valence-electron chi connectivity index (χ2n) is 5.03. The van der Waals surface area contributed by atoms with Crippen LogP contribution in [0.5, 0.6) is 0 Å². The van der Waals surface area contributed by atoms with Crippen molar-refractivity contribution in [1.29, 1.82) is 0 Å². The van der Waals surface area contributed by atoms with Crippen LogP contribution < -0.4 is 9.80 Å². The molecule has 0 unspecified atom stereocenters. The summed E-state index contributed by atoms with van der Waals surface area (Å²) in [6.45, 7) is 2.20. The van der Waals surface area contributed by atoms with Gasteiger partial charge in [-0.25, -0.2) is 9.97 Å². The number of rotatable bonds is 2. The first-order valence-corrected chi connectivity index (χ1v) is 6.99. The van der Waals surface area contributed by atoms with Gasteiger partial charge in [-0.1, -0.05) is 6.07 Å². The standard InChI is InChI=1S/C15H15F3N4/c16-15(17,18)12-4-3-7-20-14(12)22-10-8-21(9-11-22)13-5-1-2-6-19-13/h1-7H,8-11H2. The van der Waals surface area contributed by atoms with E-state index in [0.29, 0.717) is 26.2 Å². The average Bonchev–Trinajstić information content (AvgIpc) is 2.55. The van der Waals surface area contributed by atoms with E-state index in [-0.39, 0.29) is 5.82 Å². The Labute approximate surface area is 126 Å². The SMILES string of the molecule is FC(F)(F)c1cccnc1N1CCN(c2ccccn2)CC1. The molecule has 0 spiro atoms. The van der Waals surface area contributed by atoms with Crippen molar-refractivity contribution in [3.05, 3.63) is 48.3 Å². The largest absolute Gasteiger partial charge is 0.419 e. The molecule has 2 aromatic heterocycles. The van der Waals surface area contributed by atoms with E-state index in [0.717, 1.165) is 11.9 Å². The highest BCUT2D eigenvalue weighted by Crippen LogP contribution is 2.35. The van der Waals surface area contributed by atoms with Gasteiger partial charge >= 0.3 is 6.18 Å². The summed E-state index contributed by atoms with van der Waals surface area (Å²) in [5.41, 5.74) is -0.679. The Morgan fingerprint density at radius 2 is 1.50 bits per heavy atom. The van der Waals surface area contributed by atoms with Crippen molar-refractivity contribution in [2.45, 2.75) is 6.18 Å². The van der Waals surface area contributed by atoms with Crippen LogP contribution in [0.4, 0.5) is 24.8 Å². The molecule has 1 saturated heterocycles. The van der Waals surface area contributed by atoms with Gasteiger partial charge in [-0.3, -0.25) is 0 Å². The maximum absolute atomic E-state index is 13.1. The van der Waals surface area contributed by atoms with Gasteiger partial charge in [-0.15, -0.1) is 0 Å². The van der Waals surface area contributed by atoms with Gasteiger partial charge in [0.25, 0.3) is 0 Å². The Balaban J connectivity index is 1.75. The molecule has 0 bridgehead atoms. The Bertz CT molecular complexity index is 622.